The van der Waals surface area contributed by atoms with Gasteiger partial charge in [-0.2, -0.15) is 0 Å². The van der Waals surface area contributed by atoms with E-state index in [0.717, 1.165) is 0 Å². The van der Waals surface area contributed by atoms with Crippen LogP contribution in [-0.4, -0.2) is 44.0 Å². The smallest absolute Gasteiger partial charge is 0.322 e. The molecule has 7 heteroatoms. The predicted molar refractivity (Wildman–Crippen MR) is 61.7 cm³/mol. The maximum atomic E-state index is 11.6. The Bertz CT molecular complexity index is 390. The fourth-order valence-electron chi connectivity index (χ4n) is 1.72. The van der Waals surface area contributed by atoms with E-state index in [4.69, 9.17) is 0 Å². The summed E-state index contributed by atoms with van der Waals surface area (Å²) in [5.74, 6) is -1.44. The molecular formula is C10H19NO5S. The maximum Gasteiger partial charge on any atom is 0.322 e. The molecule has 17 heavy (non-hydrogen) atoms. The van der Waals surface area contributed by atoms with Gasteiger partial charge in [-0.25, -0.2) is 13.1 Å². The molecule has 1 fully saturated rings. The van der Waals surface area contributed by atoms with Crippen LogP contribution in [0.1, 0.15) is 27.2 Å². The van der Waals surface area contributed by atoms with Crippen molar-refractivity contribution in [1.29, 1.82) is 0 Å². The molecule has 0 aliphatic heterocycles. The highest BCUT2D eigenvalue weighted by Crippen LogP contribution is 2.40. The molecule has 0 bridgehead atoms. The van der Waals surface area contributed by atoms with Crippen LogP contribution in [0.15, 0.2) is 0 Å². The van der Waals surface area contributed by atoms with E-state index in [2.05, 4.69) is 9.46 Å². The Morgan fingerprint density at radius 1 is 1.53 bits per heavy atom. The number of esters is 1. The van der Waals surface area contributed by atoms with Crippen molar-refractivity contribution in [3.63, 3.8) is 0 Å². The van der Waals surface area contributed by atoms with Crippen LogP contribution in [0.2, 0.25) is 0 Å². The number of hydrogen-bond donors (Lipinski definition) is 2. The lowest BCUT2D eigenvalue weighted by Gasteiger charge is -2.49. The van der Waals surface area contributed by atoms with Crippen molar-refractivity contribution < 1.29 is 23.1 Å². The summed E-state index contributed by atoms with van der Waals surface area (Å²) in [6, 6.07) is -0.336. The van der Waals surface area contributed by atoms with Crippen molar-refractivity contribution in [3.8, 4) is 0 Å². The van der Waals surface area contributed by atoms with Gasteiger partial charge in [-0.3, -0.25) is 4.79 Å². The molecule has 0 aromatic carbocycles. The molecule has 1 saturated carbocycles. The molecule has 0 radical (unpaired) electrons. The number of hydrogen-bond acceptors (Lipinski definition) is 5. The summed E-state index contributed by atoms with van der Waals surface area (Å²) in [4.78, 5) is 11.1. The quantitative estimate of drug-likeness (QED) is 0.662. The van der Waals surface area contributed by atoms with E-state index in [9.17, 15) is 18.3 Å². The molecule has 2 unspecified atom stereocenters. The average Bonchev–Trinajstić information content (AvgIpc) is 2.16. The van der Waals surface area contributed by atoms with E-state index in [1.165, 1.54) is 0 Å². The first-order valence-corrected chi connectivity index (χ1v) is 7.18. The van der Waals surface area contributed by atoms with Gasteiger partial charge in [0, 0.05) is 11.5 Å². The van der Waals surface area contributed by atoms with Gasteiger partial charge in [0.15, 0.2) is 5.75 Å². The Morgan fingerprint density at radius 3 is 2.53 bits per heavy atom. The number of sulfonamides is 1. The lowest BCUT2D eigenvalue weighted by Crippen LogP contribution is -2.61. The van der Waals surface area contributed by atoms with Crippen molar-refractivity contribution in [1.82, 2.24) is 4.72 Å². The van der Waals surface area contributed by atoms with E-state index < -0.39 is 33.3 Å². The van der Waals surface area contributed by atoms with Crippen molar-refractivity contribution in [2.24, 2.45) is 5.41 Å². The highest BCUT2D eigenvalue weighted by atomic mass is 32.2. The Balaban J connectivity index is 2.54. The van der Waals surface area contributed by atoms with Gasteiger partial charge in [0.1, 0.15) is 0 Å². The summed E-state index contributed by atoms with van der Waals surface area (Å²) >= 11 is 0. The zero-order chi connectivity index (χ0) is 13.3. The highest BCUT2D eigenvalue weighted by molar-refractivity contribution is 7.90. The van der Waals surface area contributed by atoms with Crippen LogP contribution >= 0.6 is 0 Å². The molecule has 0 amide bonds. The van der Waals surface area contributed by atoms with E-state index >= 15 is 0 Å². The van der Waals surface area contributed by atoms with Crippen LogP contribution in [0.5, 0.6) is 0 Å². The standard InChI is InChI=1S/C10H19NO5S/c1-4-16-9(13)6-17(14,15)11-7-5-8(12)10(7,2)3/h7-8,11-12H,4-6H2,1-3H3. The molecule has 1 aliphatic carbocycles. The van der Waals surface area contributed by atoms with Gasteiger partial charge in [0.2, 0.25) is 10.0 Å². The third-order valence-electron chi connectivity index (χ3n) is 3.15. The van der Waals surface area contributed by atoms with Crippen LogP contribution < -0.4 is 4.72 Å². The average molecular weight is 265 g/mol. The molecule has 1 rings (SSSR count). The molecule has 1 aliphatic rings. The van der Waals surface area contributed by atoms with E-state index in [1.807, 2.05) is 0 Å². The number of aliphatic hydroxyl groups is 1. The zero-order valence-electron chi connectivity index (χ0n) is 10.3. The Morgan fingerprint density at radius 2 is 2.12 bits per heavy atom. The first-order chi connectivity index (χ1) is 7.69. The number of carbonyl (C=O) groups is 1. The molecule has 6 nitrogen and oxygen atoms in total. The fraction of sp³-hybridized carbons (Fsp3) is 0.900. The summed E-state index contributed by atoms with van der Waals surface area (Å²) in [6.07, 6.45) is -0.146. The third-order valence-corrected chi connectivity index (χ3v) is 4.41. The molecular weight excluding hydrogens is 246 g/mol. The van der Waals surface area contributed by atoms with Crippen LogP contribution in [0, 0.1) is 5.41 Å². The summed E-state index contributed by atoms with van der Waals surface area (Å²) in [7, 11) is -3.69. The van der Waals surface area contributed by atoms with Crippen LogP contribution in [0.3, 0.4) is 0 Å². The molecule has 0 heterocycles. The van der Waals surface area contributed by atoms with Gasteiger partial charge in [-0.1, -0.05) is 13.8 Å². The molecule has 0 spiro atoms. The topological polar surface area (TPSA) is 92.7 Å². The van der Waals surface area contributed by atoms with Gasteiger partial charge in [0.05, 0.1) is 12.7 Å². The number of nitrogens with one attached hydrogen (secondary N) is 1. The Labute approximate surface area is 101 Å². The van der Waals surface area contributed by atoms with E-state index in [1.54, 1.807) is 20.8 Å². The first-order valence-electron chi connectivity index (χ1n) is 5.52. The van der Waals surface area contributed by atoms with Crippen molar-refractivity contribution in [2.75, 3.05) is 12.4 Å². The minimum Gasteiger partial charge on any atom is -0.465 e. The van der Waals surface area contributed by atoms with Gasteiger partial charge in [0.25, 0.3) is 0 Å². The van der Waals surface area contributed by atoms with Gasteiger partial charge < -0.3 is 9.84 Å². The summed E-state index contributed by atoms with van der Waals surface area (Å²) in [6.45, 7) is 5.32. The van der Waals surface area contributed by atoms with Gasteiger partial charge in [-0.05, 0) is 13.3 Å². The minimum absolute atomic E-state index is 0.155. The van der Waals surface area contributed by atoms with Crippen molar-refractivity contribution in [3.05, 3.63) is 0 Å². The lowest BCUT2D eigenvalue weighted by molar-refractivity contribution is -0.140. The van der Waals surface area contributed by atoms with Crippen molar-refractivity contribution >= 4 is 16.0 Å². The summed E-state index contributed by atoms with van der Waals surface area (Å²) in [5, 5.41) is 9.48. The van der Waals surface area contributed by atoms with Crippen LogP contribution in [0.4, 0.5) is 0 Å². The number of rotatable bonds is 5. The third kappa shape index (κ3) is 3.40. The molecule has 100 valence electrons. The second-order valence-corrected chi connectivity index (χ2v) is 6.56. The zero-order valence-corrected chi connectivity index (χ0v) is 11.1. The first kappa shape index (κ1) is 14.4. The highest BCUT2D eigenvalue weighted by Gasteiger charge is 2.48. The molecule has 2 N–H and O–H groups in total. The second-order valence-electron chi connectivity index (χ2n) is 4.81. The predicted octanol–water partition coefficient (Wildman–Crippen LogP) is -0.372. The maximum absolute atomic E-state index is 11.6. The van der Waals surface area contributed by atoms with Gasteiger partial charge in [-0.15, -0.1) is 0 Å². The number of carbonyl (C=O) groups excluding carboxylic acids is 1. The fourth-order valence-corrected chi connectivity index (χ4v) is 3.03. The lowest BCUT2D eigenvalue weighted by atomic mass is 9.65. The summed E-state index contributed by atoms with van der Waals surface area (Å²) in [5.41, 5.74) is -0.498. The van der Waals surface area contributed by atoms with Crippen LogP contribution in [-0.2, 0) is 19.6 Å². The Hall–Kier alpha value is -0.660. The largest absolute Gasteiger partial charge is 0.465 e. The minimum atomic E-state index is -3.69. The normalized spacial score (nSPS) is 27.3. The van der Waals surface area contributed by atoms with Crippen molar-refractivity contribution in [2.45, 2.75) is 39.3 Å². The molecule has 0 aromatic heterocycles. The molecule has 0 aromatic rings. The summed E-state index contributed by atoms with van der Waals surface area (Å²) < 4.78 is 30.2. The van der Waals surface area contributed by atoms with Crippen LogP contribution in [0.25, 0.3) is 0 Å². The molecule has 0 saturated heterocycles. The van der Waals surface area contributed by atoms with E-state index in [-0.39, 0.29) is 12.6 Å². The Kier molecular flexibility index (Phi) is 4.16. The van der Waals surface area contributed by atoms with E-state index in [0.29, 0.717) is 6.42 Å². The van der Waals surface area contributed by atoms with Gasteiger partial charge >= 0.3 is 5.97 Å². The molecule has 2 atom stereocenters. The SMILES string of the molecule is CCOC(=O)CS(=O)(=O)NC1CC(O)C1(C)C. The number of aliphatic hydroxyl groups excluding tert-OH is 1. The number of ether oxygens (including phenoxy) is 1. The monoisotopic (exact) mass is 265 g/mol. The second kappa shape index (κ2) is 4.91.